The van der Waals surface area contributed by atoms with Crippen LogP contribution in [0.5, 0.6) is 5.75 Å². The van der Waals surface area contributed by atoms with Gasteiger partial charge in [-0.25, -0.2) is 0 Å². The van der Waals surface area contributed by atoms with Crippen LogP contribution < -0.4 is 4.74 Å². The number of ether oxygens (including phenoxy) is 1. The summed E-state index contributed by atoms with van der Waals surface area (Å²) in [5.74, 6) is 0.593. The highest BCUT2D eigenvalue weighted by Gasteiger charge is 2.04. The van der Waals surface area contributed by atoms with Gasteiger partial charge in [0.1, 0.15) is 12.4 Å². The third-order valence-electron chi connectivity index (χ3n) is 2.37. The van der Waals surface area contributed by atoms with Crippen LogP contribution in [-0.2, 0) is 6.61 Å². The summed E-state index contributed by atoms with van der Waals surface area (Å²) in [6.07, 6.45) is 0. The number of nitro groups is 1. The van der Waals surface area contributed by atoms with Gasteiger partial charge in [0.25, 0.3) is 5.69 Å². The molecule has 0 fully saturated rings. The lowest BCUT2D eigenvalue weighted by molar-refractivity contribution is -0.384. The summed E-state index contributed by atoms with van der Waals surface area (Å²) >= 11 is 5.77. The molecule has 0 saturated heterocycles. The average Bonchev–Trinajstić information content (AvgIpc) is 2.38. The summed E-state index contributed by atoms with van der Waals surface area (Å²) < 4.78 is 5.50. The fraction of sp³-hybridized carbons (Fsp3) is 0.0769. The molecular formula is C13H10ClNO3. The Hall–Kier alpha value is -2.07. The van der Waals surface area contributed by atoms with Crippen LogP contribution >= 0.6 is 11.6 Å². The van der Waals surface area contributed by atoms with E-state index in [2.05, 4.69) is 0 Å². The van der Waals surface area contributed by atoms with E-state index >= 15 is 0 Å². The molecule has 4 nitrogen and oxygen atoms in total. The average molecular weight is 264 g/mol. The van der Waals surface area contributed by atoms with Crippen molar-refractivity contribution in [2.75, 3.05) is 0 Å². The van der Waals surface area contributed by atoms with Gasteiger partial charge in [-0.15, -0.1) is 0 Å². The Bertz CT molecular complexity index is 537. The smallest absolute Gasteiger partial charge is 0.269 e. The molecule has 0 bridgehead atoms. The first-order valence-electron chi connectivity index (χ1n) is 5.27. The van der Waals surface area contributed by atoms with Crippen LogP contribution in [0.3, 0.4) is 0 Å². The number of nitrogens with zero attached hydrogens (tertiary/aromatic N) is 1. The minimum Gasteiger partial charge on any atom is -0.489 e. The van der Waals surface area contributed by atoms with Crippen LogP contribution in [0.25, 0.3) is 0 Å². The highest BCUT2D eigenvalue weighted by molar-refractivity contribution is 6.30. The molecule has 5 heteroatoms. The Balaban J connectivity index is 1.97. The van der Waals surface area contributed by atoms with Crippen molar-refractivity contribution in [3.63, 3.8) is 0 Å². The molecule has 0 aliphatic rings. The predicted molar refractivity (Wildman–Crippen MR) is 68.9 cm³/mol. The second kappa shape index (κ2) is 5.51. The maximum atomic E-state index is 10.5. The van der Waals surface area contributed by atoms with E-state index in [1.165, 1.54) is 12.1 Å². The molecule has 0 atom stereocenters. The largest absolute Gasteiger partial charge is 0.489 e. The zero-order valence-corrected chi connectivity index (χ0v) is 10.1. The van der Waals surface area contributed by atoms with Gasteiger partial charge in [-0.1, -0.05) is 23.7 Å². The van der Waals surface area contributed by atoms with E-state index in [1.807, 2.05) is 12.1 Å². The van der Waals surface area contributed by atoms with Crippen molar-refractivity contribution >= 4 is 17.3 Å². The van der Waals surface area contributed by atoms with Crippen molar-refractivity contribution in [1.29, 1.82) is 0 Å². The van der Waals surface area contributed by atoms with E-state index in [9.17, 15) is 10.1 Å². The van der Waals surface area contributed by atoms with Crippen molar-refractivity contribution in [2.45, 2.75) is 6.61 Å². The van der Waals surface area contributed by atoms with Gasteiger partial charge in [0, 0.05) is 17.2 Å². The minimum atomic E-state index is -0.441. The van der Waals surface area contributed by atoms with E-state index in [-0.39, 0.29) is 5.69 Å². The second-order valence-electron chi connectivity index (χ2n) is 3.67. The van der Waals surface area contributed by atoms with Gasteiger partial charge in [-0.2, -0.15) is 0 Å². The number of non-ortho nitro benzene ring substituents is 1. The molecule has 2 rings (SSSR count). The normalized spacial score (nSPS) is 10.1. The summed E-state index contributed by atoms with van der Waals surface area (Å²) in [5, 5.41) is 11.2. The topological polar surface area (TPSA) is 52.4 Å². The number of hydrogen-bond donors (Lipinski definition) is 0. The molecule has 92 valence electrons. The van der Waals surface area contributed by atoms with Crippen LogP contribution in [0.2, 0.25) is 5.02 Å². The first-order valence-corrected chi connectivity index (χ1v) is 5.64. The summed E-state index contributed by atoms with van der Waals surface area (Å²) in [7, 11) is 0. The molecular weight excluding hydrogens is 254 g/mol. The maximum Gasteiger partial charge on any atom is 0.269 e. The van der Waals surface area contributed by atoms with Crippen LogP contribution in [0.15, 0.2) is 48.5 Å². The summed E-state index contributed by atoms with van der Waals surface area (Å²) in [6, 6.07) is 13.3. The molecule has 2 aromatic rings. The Kier molecular flexibility index (Phi) is 3.79. The highest BCUT2D eigenvalue weighted by atomic mass is 35.5. The van der Waals surface area contributed by atoms with Crippen molar-refractivity contribution in [1.82, 2.24) is 0 Å². The van der Waals surface area contributed by atoms with Gasteiger partial charge < -0.3 is 4.74 Å². The standard InChI is InChI=1S/C13H10ClNO3/c14-11-3-1-10(2-4-11)9-18-13-7-5-12(6-8-13)15(16)17/h1-8H,9H2. The fourth-order valence-corrected chi connectivity index (χ4v) is 1.54. The van der Waals surface area contributed by atoms with Crippen LogP contribution in [0.4, 0.5) is 5.69 Å². The van der Waals surface area contributed by atoms with Crippen LogP contribution in [0, 0.1) is 10.1 Å². The van der Waals surface area contributed by atoms with Crippen molar-refractivity contribution < 1.29 is 9.66 Å². The van der Waals surface area contributed by atoms with Gasteiger partial charge in [-0.05, 0) is 29.8 Å². The number of rotatable bonds is 4. The number of hydrogen-bond acceptors (Lipinski definition) is 3. The fourth-order valence-electron chi connectivity index (χ4n) is 1.41. The minimum absolute atomic E-state index is 0.0499. The first kappa shape index (κ1) is 12.4. The molecule has 0 radical (unpaired) electrons. The van der Waals surface area contributed by atoms with E-state index in [4.69, 9.17) is 16.3 Å². The predicted octanol–water partition coefficient (Wildman–Crippen LogP) is 3.83. The number of halogens is 1. The maximum absolute atomic E-state index is 10.5. The molecule has 0 unspecified atom stereocenters. The van der Waals surface area contributed by atoms with E-state index in [0.29, 0.717) is 17.4 Å². The van der Waals surface area contributed by atoms with Crippen molar-refractivity contribution in [3.8, 4) is 5.75 Å². The van der Waals surface area contributed by atoms with Gasteiger partial charge in [0.15, 0.2) is 0 Å². The first-order chi connectivity index (χ1) is 8.65. The van der Waals surface area contributed by atoms with Gasteiger partial charge in [-0.3, -0.25) is 10.1 Å². The number of nitro benzene ring substituents is 1. The van der Waals surface area contributed by atoms with E-state index in [1.54, 1.807) is 24.3 Å². The van der Waals surface area contributed by atoms with Crippen LogP contribution in [-0.4, -0.2) is 4.92 Å². The van der Waals surface area contributed by atoms with Gasteiger partial charge >= 0.3 is 0 Å². The molecule has 0 aliphatic carbocycles. The zero-order valence-electron chi connectivity index (χ0n) is 9.38. The molecule has 0 aliphatic heterocycles. The van der Waals surface area contributed by atoms with Gasteiger partial charge in [0.2, 0.25) is 0 Å². The molecule has 0 saturated carbocycles. The lowest BCUT2D eigenvalue weighted by atomic mass is 10.2. The number of benzene rings is 2. The SMILES string of the molecule is O=[N+]([O-])c1ccc(OCc2ccc(Cl)cc2)cc1. The highest BCUT2D eigenvalue weighted by Crippen LogP contribution is 2.18. The Labute approximate surface area is 109 Å². The van der Waals surface area contributed by atoms with Gasteiger partial charge in [0.05, 0.1) is 4.92 Å². The molecule has 0 heterocycles. The third kappa shape index (κ3) is 3.21. The Morgan fingerprint density at radius 1 is 1.06 bits per heavy atom. The van der Waals surface area contributed by atoms with Crippen LogP contribution in [0.1, 0.15) is 5.56 Å². The third-order valence-corrected chi connectivity index (χ3v) is 2.62. The lowest BCUT2D eigenvalue weighted by Gasteiger charge is -2.05. The summed E-state index contributed by atoms with van der Waals surface area (Å²) in [4.78, 5) is 10.0. The Morgan fingerprint density at radius 3 is 2.22 bits per heavy atom. The monoisotopic (exact) mass is 263 g/mol. The quantitative estimate of drug-likeness (QED) is 0.622. The van der Waals surface area contributed by atoms with Crippen molar-refractivity contribution in [2.24, 2.45) is 0 Å². The molecule has 0 aromatic heterocycles. The Morgan fingerprint density at radius 2 is 1.67 bits per heavy atom. The van der Waals surface area contributed by atoms with E-state index in [0.717, 1.165) is 5.56 Å². The summed E-state index contributed by atoms with van der Waals surface area (Å²) in [6.45, 7) is 0.398. The molecule has 2 aromatic carbocycles. The second-order valence-corrected chi connectivity index (χ2v) is 4.10. The molecule has 0 spiro atoms. The molecule has 18 heavy (non-hydrogen) atoms. The lowest BCUT2D eigenvalue weighted by Crippen LogP contribution is -1.95. The zero-order chi connectivity index (χ0) is 13.0. The van der Waals surface area contributed by atoms with Crippen molar-refractivity contribution in [3.05, 3.63) is 69.2 Å². The summed E-state index contributed by atoms with van der Waals surface area (Å²) in [5.41, 5.74) is 1.03. The molecule has 0 N–H and O–H groups in total. The molecule has 0 amide bonds. The van der Waals surface area contributed by atoms with E-state index < -0.39 is 4.92 Å².